The molecular formula is C12H17NO3. The van der Waals surface area contributed by atoms with E-state index in [2.05, 4.69) is 5.32 Å². The lowest BCUT2D eigenvalue weighted by Crippen LogP contribution is -2.40. The van der Waals surface area contributed by atoms with E-state index < -0.39 is 12.0 Å². The lowest BCUT2D eigenvalue weighted by Gasteiger charge is -2.14. The summed E-state index contributed by atoms with van der Waals surface area (Å²) in [5.74, 6) is -0.416. The van der Waals surface area contributed by atoms with Gasteiger partial charge in [-0.25, -0.2) is 0 Å². The second-order valence-corrected chi connectivity index (χ2v) is 3.35. The van der Waals surface area contributed by atoms with Gasteiger partial charge in [0.25, 0.3) is 0 Å². The Hall–Kier alpha value is -1.39. The zero-order valence-corrected chi connectivity index (χ0v) is 9.35. The summed E-state index contributed by atoms with van der Waals surface area (Å²) in [6, 6.07) is 9.03. The van der Waals surface area contributed by atoms with Crippen LogP contribution in [0.5, 0.6) is 0 Å². The summed E-state index contributed by atoms with van der Waals surface area (Å²) in [7, 11) is 0. The van der Waals surface area contributed by atoms with Gasteiger partial charge in [0.2, 0.25) is 0 Å². The van der Waals surface area contributed by atoms with Gasteiger partial charge in [-0.3, -0.25) is 10.1 Å². The molecule has 0 aromatic heterocycles. The number of aliphatic hydroxyl groups is 1. The van der Waals surface area contributed by atoms with Crippen LogP contribution in [0, 0.1) is 0 Å². The highest BCUT2D eigenvalue weighted by Gasteiger charge is 2.17. The predicted molar refractivity (Wildman–Crippen MR) is 60.8 cm³/mol. The van der Waals surface area contributed by atoms with Gasteiger partial charge in [0.05, 0.1) is 13.2 Å². The number of benzene rings is 1. The highest BCUT2D eigenvalue weighted by molar-refractivity contribution is 5.75. The first kappa shape index (κ1) is 12.7. The maximum absolute atomic E-state index is 11.4. The van der Waals surface area contributed by atoms with E-state index in [0.29, 0.717) is 13.2 Å². The van der Waals surface area contributed by atoms with Crippen LogP contribution in [0.15, 0.2) is 30.3 Å². The van der Waals surface area contributed by atoms with Gasteiger partial charge in [0.1, 0.15) is 6.04 Å². The molecule has 1 atom stereocenters. The van der Waals surface area contributed by atoms with E-state index in [-0.39, 0.29) is 6.61 Å². The topological polar surface area (TPSA) is 58.6 Å². The fraction of sp³-hybridized carbons (Fsp3) is 0.417. The molecule has 0 aliphatic carbocycles. The van der Waals surface area contributed by atoms with E-state index in [1.54, 1.807) is 6.92 Å². The van der Waals surface area contributed by atoms with E-state index in [4.69, 9.17) is 9.84 Å². The second-order valence-electron chi connectivity index (χ2n) is 3.35. The van der Waals surface area contributed by atoms with Crippen molar-refractivity contribution >= 4 is 5.97 Å². The fourth-order valence-electron chi connectivity index (χ4n) is 1.30. The number of aliphatic hydroxyl groups excluding tert-OH is 1. The lowest BCUT2D eigenvalue weighted by molar-refractivity contribution is -0.146. The largest absolute Gasteiger partial charge is 0.465 e. The van der Waals surface area contributed by atoms with Crippen molar-refractivity contribution in [2.45, 2.75) is 19.5 Å². The minimum absolute atomic E-state index is 0.258. The summed E-state index contributed by atoms with van der Waals surface area (Å²) in [4.78, 5) is 11.4. The average Bonchev–Trinajstić information content (AvgIpc) is 2.31. The summed E-state index contributed by atoms with van der Waals surface area (Å²) in [6.07, 6.45) is 0. The Morgan fingerprint density at radius 3 is 2.69 bits per heavy atom. The zero-order valence-electron chi connectivity index (χ0n) is 9.35. The Labute approximate surface area is 95.2 Å². The van der Waals surface area contributed by atoms with Gasteiger partial charge in [0.15, 0.2) is 0 Å². The van der Waals surface area contributed by atoms with Crippen LogP contribution in [0.2, 0.25) is 0 Å². The van der Waals surface area contributed by atoms with Crippen molar-refractivity contribution in [3.05, 3.63) is 35.9 Å². The number of nitrogens with one attached hydrogen (secondary N) is 1. The summed E-state index contributed by atoms with van der Waals surface area (Å²) in [5.41, 5.74) is 1.06. The van der Waals surface area contributed by atoms with Crippen LogP contribution in [0.25, 0.3) is 0 Å². The molecule has 1 aromatic carbocycles. The Balaban J connectivity index is 2.43. The van der Waals surface area contributed by atoms with Crippen molar-refractivity contribution in [3.63, 3.8) is 0 Å². The molecule has 0 heterocycles. The van der Waals surface area contributed by atoms with E-state index in [0.717, 1.165) is 5.56 Å². The molecule has 0 unspecified atom stereocenters. The van der Waals surface area contributed by atoms with Crippen LogP contribution in [-0.2, 0) is 16.1 Å². The molecule has 2 N–H and O–H groups in total. The molecule has 88 valence electrons. The third-order valence-corrected chi connectivity index (χ3v) is 2.15. The van der Waals surface area contributed by atoms with Crippen molar-refractivity contribution in [2.75, 3.05) is 13.2 Å². The van der Waals surface area contributed by atoms with Gasteiger partial charge >= 0.3 is 5.97 Å². The van der Waals surface area contributed by atoms with Gasteiger partial charge in [-0.1, -0.05) is 30.3 Å². The summed E-state index contributed by atoms with van der Waals surface area (Å²) in [5, 5.41) is 12.0. The van der Waals surface area contributed by atoms with Crippen LogP contribution in [0.3, 0.4) is 0 Å². The number of hydrogen-bond donors (Lipinski definition) is 2. The van der Waals surface area contributed by atoms with Gasteiger partial charge in [0, 0.05) is 6.54 Å². The Morgan fingerprint density at radius 2 is 2.12 bits per heavy atom. The molecule has 0 bridgehead atoms. The molecule has 4 nitrogen and oxygen atoms in total. The van der Waals surface area contributed by atoms with Crippen LogP contribution in [0.1, 0.15) is 12.5 Å². The Bertz CT molecular complexity index is 313. The molecule has 1 rings (SSSR count). The number of ether oxygens (including phenoxy) is 1. The molecule has 0 spiro atoms. The van der Waals surface area contributed by atoms with E-state index in [1.165, 1.54) is 0 Å². The zero-order chi connectivity index (χ0) is 11.8. The average molecular weight is 223 g/mol. The first-order valence-electron chi connectivity index (χ1n) is 5.32. The molecule has 16 heavy (non-hydrogen) atoms. The van der Waals surface area contributed by atoms with Gasteiger partial charge in [-0.05, 0) is 12.5 Å². The third-order valence-electron chi connectivity index (χ3n) is 2.15. The lowest BCUT2D eigenvalue weighted by atomic mass is 10.2. The molecule has 0 fully saturated rings. The summed E-state index contributed by atoms with van der Waals surface area (Å²) < 4.78 is 4.82. The van der Waals surface area contributed by atoms with Crippen LogP contribution >= 0.6 is 0 Å². The predicted octanol–water partition coefficient (Wildman–Crippen LogP) is 0.700. The van der Waals surface area contributed by atoms with Crippen LogP contribution in [-0.4, -0.2) is 30.3 Å². The number of rotatable bonds is 6. The van der Waals surface area contributed by atoms with E-state index in [1.807, 2.05) is 30.3 Å². The van der Waals surface area contributed by atoms with Crippen LogP contribution < -0.4 is 5.32 Å². The molecule has 0 aliphatic rings. The molecular weight excluding hydrogens is 206 g/mol. The van der Waals surface area contributed by atoms with Crippen molar-refractivity contribution < 1.29 is 14.6 Å². The highest BCUT2D eigenvalue weighted by Crippen LogP contribution is 1.99. The maximum Gasteiger partial charge on any atom is 0.325 e. The second kappa shape index (κ2) is 6.98. The molecule has 0 amide bonds. The van der Waals surface area contributed by atoms with Crippen molar-refractivity contribution in [1.82, 2.24) is 5.32 Å². The minimum atomic E-state index is -0.653. The Kier molecular flexibility index (Phi) is 5.53. The van der Waals surface area contributed by atoms with Crippen molar-refractivity contribution in [3.8, 4) is 0 Å². The smallest absolute Gasteiger partial charge is 0.325 e. The van der Waals surface area contributed by atoms with E-state index >= 15 is 0 Å². The summed E-state index contributed by atoms with van der Waals surface area (Å²) in [6.45, 7) is 2.34. The molecule has 4 heteroatoms. The number of carbonyl (C=O) groups is 1. The molecule has 0 aliphatic heterocycles. The summed E-state index contributed by atoms with van der Waals surface area (Å²) >= 11 is 0. The standard InChI is InChI=1S/C12H17NO3/c1-2-16-12(15)11(9-14)13-8-10-6-4-3-5-7-10/h3-7,11,13-14H,2,8-9H2,1H3/t11-/m1/s1. The highest BCUT2D eigenvalue weighted by atomic mass is 16.5. The number of hydrogen-bond acceptors (Lipinski definition) is 4. The molecule has 0 saturated carbocycles. The number of esters is 1. The van der Waals surface area contributed by atoms with Crippen LogP contribution in [0.4, 0.5) is 0 Å². The van der Waals surface area contributed by atoms with Crippen molar-refractivity contribution in [2.24, 2.45) is 0 Å². The van der Waals surface area contributed by atoms with Gasteiger partial charge in [-0.15, -0.1) is 0 Å². The quantitative estimate of drug-likeness (QED) is 0.697. The molecule has 0 radical (unpaired) electrons. The minimum Gasteiger partial charge on any atom is -0.465 e. The van der Waals surface area contributed by atoms with E-state index in [9.17, 15) is 4.79 Å². The Morgan fingerprint density at radius 1 is 1.44 bits per heavy atom. The monoisotopic (exact) mass is 223 g/mol. The maximum atomic E-state index is 11.4. The first-order chi connectivity index (χ1) is 7.77. The SMILES string of the molecule is CCOC(=O)[C@@H](CO)NCc1ccccc1. The fourth-order valence-corrected chi connectivity index (χ4v) is 1.30. The van der Waals surface area contributed by atoms with Crippen molar-refractivity contribution in [1.29, 1.82) is 0 Å². The van der Waals surface area contributed by atoms with Gasteiger partial charge < -0.3 is 9.84 Å². The van der Waals surface area contributed by atoms with Gasteiger partial charge in [-0.2, -0.15) is 0 Å². The number of carbonyl (C=O) groups excluding carboxylic acids is 1. The molecule has 0 saturated heterocycles. The molecule has 1 aromatic rings. The normalized spacial score (nSPS) is 12.1. The first-order valence-corrected chi connectivity index (χ1v) is 5.32. The third kappa shape index (κ3) is 4.00.